The maximum atomic E-state index is 12.9. The third-order valence-electron chi connectivity index (χ3n) is 5.13. The number of piperidine rings is 1. The molecule has 0 bridgehead atoms. The average Bonchev–Trinajstić information content (AvgIpc) is 2.72. The van der Waals surface area contributed by atoms with Crippen LogP contribution in [0.4, 0.5) is 0 Å². The normalized spacial score (nSPS) is 18.1. The zero-order valence-corrected chi connectivity index (χ0v) is 18.2. The van der Waals surface area contributed by atoms with Crippen molar-refractivity contribution in [2.24, 2.45) is 11.1 Å². The number of hydrogen-bond acceptors (Lipinski definition) is 5. The second-order valence-corrected chi connectivity index (χ2v) is 10.9. The lowest BCUT2D eigenvalue weighted by atomic mass is 9.99. The van der Waals surface area contributed by atoms with Crippen LogP contribution in [0.25, 0.3) is 0 Å². The first-order valence-corrected chi connectivity index (χ1v) is 12.5. The van der Waals surface area contributed by atoms with Gasteiger partial charge in [-0.15, -0.1) is 0 Å². The molecule has 30 heavy (non-hydrogen) atoms. The molecule has 3 N–H and O–H groups in total. The first-order valence-electron chi connectivity index (χ1n) is 9.53. The molecule has 10 heteroatoms. The number of nitrogens with two attached hydrogens (primary N) is 1. The van der Waals surface area contributed by atoms with Gasteiger partial charge < -0.3 is 5.32 Å². The molecule has 1 saturated heterocycles. The number of hydrogen-bond donors (Lipinski definition) is 2. The van der Waals surface area contributed by atoms with E-state index in [1.54, 1.807) is 36.4 Å². The molecule has 1 aliphatic rings. The molecule has 3 rings (SSSR count). The molecule has 8 nitrogen and oxygen atoms in total. The van der Waals surface area contributed by atoms with E-state index < -0.39 is 26.0 Å². The standard InChI is InChI=1S/C20H25N3O5S2/c1-15-4-8-19(9-5-15)30(27,28)23-12-2-3-17(14-23)20(24)22-13-16-6-10-18(11-7-16)29(21,25)26/h4-11,17H,2-3,12-14H2,1H3,(H,22,24)(H2,21,25,26). The minimum atomic E-state index is -3.76. The van der Waals surface area contributed by atoms with Crippen molar-refractivity contribution >= 4 is 26.0 Å². The molecule has 1 amide bonds. The Kier molecular flexibility index (Phi) is 6.61. The number of nitrogens with one attached hydrogen (secondary N) is 1. The van der Waals surface area contributed by atoms with E-state index in [4.69, 9.17) is 5.14 Å². The lowest BCUT2D eigenvalue weighted by Gasteiger charge is -2.31. The Hall–Kier alpha value is -2.27. The van der Waals surface area contributed by atoms with Crippen molar-refractivity contribution < 1.29 is 21.6 Å². The van der Waals surface area contributed by atoms with Crippen molar-refractivity contribution in [3.63, 3.8) is 0 Å². The number of sulfonamides is 2. The van der Waals surface area contributed by atoms with Crippen LogP contribution in [0.2, 0.25) is 0 Å². The second kappa shape index (κ2) is 8.84. The number of carbonyl (C=O) groups is 1. The van der Waals surface area contributed by atoms with Gasteiger partial charge in [0.15, 0.2) is 0 Å². The fourth-order valence-electron chi connectivity index (χ4n) is 3.36. The maximum Gasteiger partial charge on any atom is 0.243 e. The van der Waals surface area contributed by atoms with Crippen LogP contribution in [0, 0.1) is 12.8 Å². The molecule has 0 radical (unpaired) electrons. The minimum Gasteiger partial charge on any atom is -0.352 e. The highest BCUT2D eigenvalue weighted by Crippen LogP contribution is 2.24. The minimum absolute atomic E-state index is 0.00168. The van der Waals surface area contributed by atoms with E-state index >= 15 is 0 Å². The van der Waals surface area contributed by atoms with E-state index in [2.05, 4.69) is 5.32 Å². The fraction of sp³-hybridized carbons (Fsp3) is 0.350. The first-order chi connectivity index (χ1) is 14.1. The fourth-order valence-corrected chi connectivity index (χ4v) is 5.40. The lowest BCUT2D eigenvalue weighted by Crippen LogP contribution is -2.45. The van der Waals surface area contributed by atoms with Crippen LogP contribution in [-0.2, 0) is 31.4 Å². The van der Waals surface area contributed by atoms with Gasteiger partial charge in [0.05, 0.1) is 15.7 Å². The number of rotatable bonds is 6. The Balaban J connectivity index is 1.62. The van der Waals surface area contributed by atoms with E-state index in [0.717, 1.165) is 11.1 Å². The predicted octanol–water partition coefficient (Wildman–Crippen LogP) is 1.36. The molecule has 2 aromatic carbocycles. The van der Waals surface area contributed by atoms with Crippen LogP contribution in [0.1, 0.15) is 24.0 Å². The van der Waals surface area contributed by atoms with Gasteiger partial charge in [0, 0.05) is 19.6 Å². The molecule has 1 heterocycles. The summed E-state index contributed by atoms with van der Waals surface area (Å²) in [5.74, 6) is -0.669. The van der Waals surface area contributed by atoms with Crippen LogP contribution in [0.5, 0.6) is 0 Å². The number of nitrogens with zero attached hydrogens (tertiary/aromatic N) is 1. The molecule has 0 aliphatic carbocycles. The quantitative estimate of drug-likeness (QED) is 0.686. The highest BCUT2D eigenvalue weighted by Gasteiger charge is 2.33. The van der Waals surface area contributed by atoms with Gasteiger partial charge in [-0.05, 0) is 49.6 Å². The lowest BCUT2D eigenvalue weighted by molar-refractivity contribution is -0.126. The van der Waals surface area contributed by atoms with Crippen LogP contribution < -0.4 is 10.5 Å². The predicted molar refractivity (Wildman–Crippen MR) is 112 cm³/mol. The van der Waals surface area contributed by atoms with Gasteiger partial charge in [0.25, 0.3) is 0 Å². The van der Waals surface area contributed by atoms with E-state index in [9.17, 15) is 21.6 Å². The molecule has 0 spiro atoms. The summed E-state index contributed by atoms with van der Waals surface area (Å²) in [4.78, 5) is 12.8. The van der Waals surface area contributed by atoms with Crippen LogP contribution in [0.3, 0.4) is 0 Å². The summed E-state index contributed by atoms with van der Waals surface area (Å²) < 4.78 is 49.8. The third kappa shape index (κ3) is 5.25. The summed E-state index contributed by atoms with van der Waals surface area (Å²) in [6.45, 7) is 2.62. The topological polar surface area (TPSA) is 127 Å². The van der Waals surface area contributed by atoms with Crippen molar-refractivity contribution in [3.8, 4) is 0 Å². The van der Waals surface area contributed by atoms with E-state index in [1.165, 1.54) is 16.4 Å². The summed E-state index contributed by atoms with van der Waals surface area (Å²) in [7, 11) is -7.41. The van der Waals surface area contributed by atoms with Crippen molar-refractivity contribution in [1.29, 1.82) is 0 Å². The largest absolute Gasteiger partial charge is 0.352 e. The van der Waals surface area contributed by atoms with Crippen molar-refractivity contribution in [2.75, 3.05) is 13.1 Å². The van der Waals surface area contributed by atoms with Crippen LogP contribution in [-0.4, -0.2) is 40.1 Å². The Labute approximate surface area is 177 Å². The smallest absolute Gasteiger partial charge is 0.243 e. The maximum absolute atomic E-state index is 12.9. The molecule has 0 saturated carbocycles. The number of benzene rings is 2. The third-order valence-corrected chi connectivity index (χ3v) is 7.94. The summed E-state index contributed by atoms with van der Waals surface area (Å²) in [6, 6.07) is 12.6. The Bertz CT molecular complexity index is 1110. The van der Waals surface area contributed by atoms with Gasteiger partial charge in [-0.1, -0.05) is 29.8 Å². The molecule has 1 aliphatic heterocycles. The molecular formula is C20H25N3O5S2. The molecule has 2 aromatic rings. The van der Waals surface area contributed by atoms with Gasteiger partial charge in [0.1, 0.15) is 0 Å². The first kappa shape index (κ1) is 22.4. The second-order valence-electron chi connectivity index (χ2n) is 7.42. The SMILES string of the molecule is Cc1ccc(S(=O)(=O)N2CCCC(C(=O)NCc3ccc(S(N)(=O)=O)cc3)C2)cc1. The summed E-state index contributed by atoms with van der Waals surface area (Å²) in [5, 5.41) is 7.88. The zero-order valence-electron chi connectivity index (χ0n) is 16.6. The number of aryl methyl sites for hydroxylation is 1. The molecule has 1 unspecified atom stereocenters. The Morgan fingerprint density at radius 1 is 1.03 bits per heavy atom. The highest BCUT2D eigenvalue weighted by atomic mass is 32.2. The van der Waals surface area contributed by atoms with Gasteiger partial charge in [-0.25, -0.2) is 22.0 Å². The van der Waals surface area contributed by atoms with Crippen molar-refractivity contribution in [1.82, 2.24) is 9.62 Å². The van der Waals surface area contributed by atoms with E-state index in [-0.39, 0.29) is 28.8 Å². The molecule has 1 atom stereocenters. The molecular weight excluding hydrogens is 426 g/mol. The van der Waals surface area contributed by atoms with Crippen molar-refractivity contribution in [3.05, 3.63) is 59.7 Å². The number of amides is 1. The van der Waals surface area contributed by atoms with Crippen molar-refractivity contribution in [2.45, 2.75) is 36.1 Å². The zero-order chi connectivity index (χ0) is 21.9. The monoisotopic (exact) mass is 451 g/mol. The van der Waals surface area contributed by atoms with Crippen LogP contribution >= 0.6 is 0 Å². The van der Waals surface area contributed by atoms with Gasteiger partial charge in [-0.3, -0.25) is 4.79 Å². The average molecular weight is 452 g/mol. The Morgan fingerprint density at radius 2 is 1.63 bits per heavy atom. The van der Waals surface area contributed by atoms with Gasteiger partial charge in [-0.2, -0.15) is 4.31 Å². The van der Waals surface area contributed by atoms with E-state index in [1.807, 2.05) is 6.92 Å². The molecule has 1 fully saturated rings. The number of carbonyl (C=O) groups excluding carboxylic acids is 1. The highest BCUT2D eigenvalue weighted by molar-refractivity contribution is 7.89. The van der Waals surface area contributed by atoms with Crippen LogP contribution in [0.15, 0.2) is 58.3 Å². The number of primary sulfonamides is 1. The summed E-state index contributed by atoms with van der Waals surface area (Å²) in [5.41, 5.74) is 1.69. The van der Waals surface area contributed by atoms with Gasteiger partial charge >= 0.3 is 0 Å². The molecule has 0 aromatic heterocycles. The Morgan fingerprint density at radius 3 is 2.23 bits per heavy atom. The molecule has 162 valence electrons. The van der Waals surface area contributed by atoms with Gasteiger partial charge in [0.2, 0.25) is 26.0 Å². The summed E-state index contributed by atoms with van der Waals surface area (Å²) in [6.07, 6.45) is 1.21. The summed E-state index contributed by atoms with van der Waals surface area (Å²) >= 11 is 0. The van der Waals surface area contributed by atoms with E-state index in [0.29, 0.717) is 19.4 Å².